The summed E-state index contributed by atoms with van der Waals surface area (Å²) in [6, 6.07) is 18.1. The second kappa shape index (κ2) is 7.11. The largest absolute Gasteiger partial charge is 0.491 e. The van der Waals surface area contributed by atoms with Crippen LogP contribution in [0, 0.1) is 0 Å². The molecule has 0 aliphatic heterocycles. The van der Waals surface area contributed by atoms with Gasteiger partial charge in [-0.15, -0.1) is 0 Å². The summed E-state index contributed by atoms with van der Waals surface area (Å²) >= 11 is 0. The first-order valence-corrected chi connectivity index (χ1v) is 7.72. The van der Waals surface area contributed by atoms with E-state index in [4.69, 9.17) is 9.72 Å². The fourth-order valence-corrected chi connectivity index (χ4v) is 2.34. The third kappa shape index (κ3) is 3.79. The highest BCUT2D eigenvalue weighted by molar-refractivity contribution is 5.68. The van der Waals surface area contributed by atoms with Crippen molar-refractivity contribution >= 4 is 0 Å². The van der Waals surface area contributed by atoms with Crippen molar-refractivity contribution in [1.29, 1.82) is 0 Å². The van der Waals surface area contributed by atoms with Gasteiger partial charge in [0.1, 0.15) is 18.2 Å². The Hall–Kier alpha value is -2.59. The minimum Gasteiger partial charge on any atom is -0.491 e. The molecule has 0 radical (unpaired) electrons. The topological polar surface area (TPSA) is 41.1 Å². The maximum absolute atomic E-state index is 5.92. The standard InChI is InChI=1S/C19H21N3O/c1-22(2)12-13-23-18-11-7-6-10-16(18)19-20-14-17(21-19)15-8-4-3-5-9-15/h3-11,14H,12-13H2,1-2H3,(H,20,21). The molecule has 4 nitrogen and oxygen atoms in total. The smallest absolute Gasteiger partial charge is 0.141 e. The molecule has 0 spiro atoms. The predicted molar refractivity (Wildman–Crippen MR) is 93.5 cm³/mol. The fraction of sp³-hybridized carbons (Fsp3) is 0.211. The first-order valence-electron chi connectivity index (χ1n) is 7.72. The molecular weight excluding hydrogens is 286 g/mol. The normalized spacial score (nSPS) is 10.9. The van der Waals surface area contributed by atoms with E-state index in [-0.39, 0.29) is 0 Å². The maximum atomic E-state index is 5.92. The van der Waals surface area contributed by atoms with E-state index in [0.717, 1.165) is 34.9 Å². The van der Waals surface area contributed by atoms with Crippen LogP contribution in [0.3, 0.4) is 0 Å². The Labute approximate surface area is 136 Å². The summed E-state index contributed by atoms with van der Waals surface area (Å²) in [6.45, 7) is 1.53. The van der Waals surface area contributed by atoms with Crippen LogP contribution in [0.4, 0.5) is 0 Å². The summed E-state index contributed by atoms with van der Waals surface area (Å²) in [5.74, 6) is 1.67. The molecule has 3 rings (SSSR count). The van der Waals surface area contributed by atoms with Crippen molar-refractivity contribution in [3.05, 3.63) is 60.8 Å². The molecule has 0 aliphatic rings. The zero-order chi connectivity index (χ0) is 16.1. The highest BCUT2D eigenvalue weighted by Crippen LogP contribution is 2.29. The minimum atomic E-state index is 0.649. The summed E-state index contributed by atoms with van der Waals surface area (Å²) in [7, 11) is 4.07. The quantitative estimate of drug-likeness (QED) is 0.755. The predicted octanol–water partition coefficient (Wildman–Crippen LogP) is 3.68. The van der Waals surface area contributed by atoms with Crippen LogP contribution in [0.15, 0.2) is 60.8 Å². The van der Waals surface area contributed by atoms with Crippen molar-refractivity contribution in [3.8, 4) is 28.4 Å². The molecule has 3 aromatic rings. The SMILES string of the molecule is CN(C)CCOc1ccccc1-c1nc(-c2ccccc2)c[nH]1. The van der Waals surface area contributed by atoms with E-state index in [1.165, 1.54) is 0 Å². The lowest BCUT2D eigenvalue weighted by atomic mass is 10.2. The Morgan fingerprint density at radius 1 is 1.00 bits per heavy atom. The Morgan fingerprint density at radius 2 is 1.74 bits per heavy atom. The number of hydrogen-bond donors (Lipinski definition) is 1. The molecule has 1 aromatic heterocycles. The van der Waals surface area contributed by atoms with Crippen molar-refractivity contribution in [2.75, 3.05) is 27.2 Å². The molecule has 0 amide bonds. The highest BCUT2D eigenvalue weighted by atomic mass is 16.5. The molecule has 0 aliphatic carbocycles. The fourth-order valence-electron chi connectivity index (χ4n) is 2.34. The number of likely N-dealkylation sites (N-methyl/N-ethyl adjacent to an activating group) is 1. The van der Waals surface area contributed by atoms with E-state index in [1.54, 1.807) is 0 Å². The second-order valence-corrected chi connectivity index (χ2v) is 5.65. The molecule has 2 aromatic carbocycles. The third-order valence-electron chi connectivity index (χ3n) is 3.59. The molecule has 118 valence electrons. The van der Waals surface area contributed by atoms with Crippen molar-refractivity contribution in [3.63, 3.8) is 0 Å². The van der Waals surface area contributed by atoms with Gasteiger partial charge in [0.15, 0.2) is 0 Å². The van der Waals surface area contributed by atoms with Gasteiger partial charge in [-0.05, 0) is 26.2 Å². The first-order chi connectivity index (χ1) is 11.2. The van der Waals surface area contributed by atoms with Crippen molar-refractivity contribution < 1.29 is 4.74 Å². The Morgan fingerprint density at radius 3 is 2.52 bits per heavy atom. The lowest BCUT2D eigenvalue weighted by Gasteiger charge is -2.13. The summed E-state index contributed by atoms with van der Waals surface area (Å²) in [4.78, 5) is 10.1. The lowest BCUT2D eigenvalue weighted by molar-refractivity contribution is 0.262. The van der Waals surface area contributed by atoms with Gasteiger partial charge in [0.2, 0.25) is 0 Å². The van der Waals surface area contributed by atoms with Gasteiger partial charge in [0, 0.05) is 18.3 Å². The molecule has 0 saturated carbocycles. The van der Waals surface area contributed by atoms with Crippen LogP contribution in [-0.2, 0) is 0 Å². The van der Waals surface area contributed by atoms with Crippen molar-refractivity contribution in [1.82, 2.24) is 14.9 Å². The first kappa shape index (κ1) is 15.3. The number of para-hydroxylation sites is 1. The van der Waals surface area contributed by atoms with E-state index < -0.39 is 0 Å². The maximum Gasteiger partial charge on any atom is 0.141 e. The summed E-state index contributed by atoms with van der Waals surface area (Å²) < 4.78 is 5.92. The highest BCUT2D eigenvalue weighted by Gasteiger charge is 2.10. The lowest BCUT2D eigenvalue weighted by Crippen LogP contribution is -2.19. The molecule has 23 heavy (non-hydrogen) atoms. The number of aromatic nitrogens is 2. The van der Waals surface area contributed by atoms with Gasteiger partial charge in [-0.25, -0.2) is 4.98 Å². The average molecular weight is 307 g/mol. The van der Waals surface area contributed by atoms with Crippen LogP contribution >= 0.6 is 0 Å². The average Bonchev–Trinajstić information content (AvgIpc) is 3.06. The van der Waals surface area contributed by atoms with Gasteiger partial charge in [0.25, 0.3) is 0 Å². The number of rotatable bonds is 6. The molecule has 4 heteroatoms. The van der Waals surface area contributed by atoms with Crippen LogP contribution in [0.1, 0.15) is 0 Å². The number of imidazole rings is 1. The molecule has 1 heterocycles. The van der Waals surface area contributed by atoms with Gasteiger partial charge < -0.3 is 14.6 Å². The number of aromatic amines is 1. The molecule has 0 bridgehead atoms. The van der Waals surface area contributed by atoms with E-state index in [9.17, 15) is 0 Å². The summed E-state index contributed by atoms with van der Waals surface area (Å²) in [5.41, 5.74) is 3.01. The van der Waals surface area contributed by atoms with Crippen LogP contribution in [0.5, 0.6) is 5.75 Å². The van der Waals surface area contributed by atoms with Crippen molar-refractivity contribution in [2.45, 2.75) is 0 Å². The van der Waals surface area contributed by atoms with Gasteiger partial charge in [-0.1, -0.05) is 42.5 Å². The van der Waals surface area contributed by atoms with Gasteiger partial charge in [-0.2, -0.15) is 0 Å². The number of benzene rings is 2. The van der Waals surface area contributed by atoms with E-state index in [0.29, 0.717) is 6.61 Å². The summed E-state index contributed by atoms with van der Waals surface area (Å²) in [5, 5.41) is 0. The number of hydrogen-bond acceptors (Lipinski definition) is 3. The number of ether oxygens (including phenoxy) is 1. The zero-order valence-corrected chi connectivity index (χ0v) is 13.5. The number of nitrogens with one attached hydrogen (secondary N) is 1. The minimum absolute atomic E-state index is 0.649. The number of nitrogens with zero attached hydrogens (tertiary/aromatic N) is 2. The second-order valence-electron chi connectivity index (χ2n) is 5.65. The Balaban J connectivity index is 1.83. The molecule has 0 fully saturated rings. The van der Waals surface area contributed by atoms with Crippen LogP contribution < -0.4 is 4.74 Å². The van der Waals surface area contributed by atoms with Crippen molar-refractivity contribution in [2.24, 2.45) is 0 Å². The van der Waals surface area contributed by atoms with Gasteiger partial charge in [0.05, 0.1) is 11.3 Å². The van der Waals surface area contributed by atoms with E-state index >= 15 is 0 Å². The summed E-state index contributed by atoms with van der Waals surface area (Å²) in [6.07, 6.45) is 1.93. The monoisotopic (exact) mass is 307 g/mol. The Bertz CT molecular complexity index is 750. The van der Waals surface area contributed by atoms with E-state index in [2.05, 4.69) is 22.0 Å². The van der Waals surface area contributed by atoms with Gasteiger partial charge >= 0.3 is 0 Å². The Kier molecular flexibility index (Phi) is 4.74. The molecule has 1 N–H and O–H groups in total. The molecule has 0 atom stereocenters. The number of H-pyrrole nitrogens is 1. The van der Waals surface area contributed by atoms with Crippen LogP contribution in [-0.4, -0.2) is 42.1 Å². The van der Waals surface area contributed by atoms with E-state index in [1.807, 2.05) is 62.8 Å². The third-order valence-corrected chi connectivity index (χ3v) is 3.59. The molecule has 0 saturated heterocycles. The zero-order valence-electron chi connectivity index (χ0n) is 13.5. The van der Waals surface area contributed by atoms with Crippen LogP contribution in [0.25, 0.3) is 22.6 Å². The van der Waals surface area contributed by atoms with Gasteiger partial charge in [-0.3, -0.25) is 0 Å². The molecule has 0 unspecified atom stereocenters. The molecular formula is C19H21N3O. The van der Waals surface area contributed by atoms with Crippen LogP contribution in [0.2, 0.25) is 0 Å².